The number of hydrogen-bond donors (Lipinski definition) is 2. The third-order valence-electron chi connectivity index (χ3n) is 7.64. The predicted octanol–water partition coefficient (Wildman–Crippen LogP) is 2.57. The molecule has 2 aliphatic heterocycles. The van der Waals surface area contributed by atoms with Gasteiger partial charge in [-0.15, -0.1) is 0 Å². The van der Waals surface area contributed by atoms with Crippen LogP contribution in [0, 0.1) is 5.82 Å². The Morgan fingerprint density at radius 1 is 1.10 bits per heavy atom. The molecule has 1 aromatic carbocycles. The molecule has 5 aromatic rings. The van der Waals surface area contributed by atoms with E-state index < -0.39 is 12.3 Å². The van der Waals surface area contributed by atoms with E-state index in [9.17, 15) is 8.78 Å². The maximum absolute atomic E-state index is 14.9. The van der Waals surface area contributed by atoms with Gasteiger partial charge in [-0.25, -0.2) is 13.8 Å². The number of benzene rings is 1. The number of ether oxygens (including phenoxy) is 1. The molecule has 3 N–H and O–H groups in total. The number of nitrogen functional groups attached to an aromatic ring is 1. The molecule has 2 saturated heterocycles. The second-order valence-corrected chi connectivity index (χ2v) is 10.2. The molecule has 0 spiro atoms. The molecule has 0 amide bonds. The molecule has 0 radical (unpaired) electrons. The first-order valence-corrected chi connectivity index (χ1v) is 13.4. The first kappa shape index (κ1) is 24.8. The van der Waals surface area contributed by atoms with E-state index in [0.29, 0.717) is 54.7 Å². The molecule has 4 aromatic heterocycles. The van der Waals surface area contributed by atoms with E-state index in [1.807, 2.05) is 27.7 Å². The molecule has 40 heavy (non-hydrogen) atoms. The number of halogens is 2. The molecule has 2 fully saturated rings. The van der Waals surface area contributed by atoms with Crippen LogP contribution in [0.1, 0.15) is 0 Å². The number of aromatic nitrogens is 5. The Bertz CT molecular complexity index is 1640. The topological polar surface area (TPSA) is 115 Å². The number of anilines is 2. The van der Waals surface area contributed by atoms with Crippen molar-refractivity contribution in [2.24, 2.45) is 0 Å². The number of imidazole rings is 1. The first-order chi connectivity index (χ1) is 19.5. The van der Waals surface area contributed by atoms with Crippen molar-refractivity contribution < 1.29 is 17.9 Å². The number of nitrogens with one attached hydrogen (secondary N) is 1. The smallest absolute Gasteiger partial charge is 0.223 e. The Kier molecular flexibility index (Phi) is 6.24. The lowest BCUT2D eigenvalue weighted by molar-refractivity contribution is 0.139. The molecule has 0 bridgehead atoms. The van der Waals surface area contributed by atoms with Crippen molar-refractivity contribution in [1.82, 2.24) is 34.4 Å². The monoisotopic (exact) mass is 549 g/mol. The van der Waals surface area contributed by atoms with Crippen LogP contribution < -0.4 is 20.7 Å². The fourth-order valence-corrected chi connectivity index (χ4v) is 5.45. The van der Waals surface area contributed by atoms with E-state index >= 15 is 0 Å². The van der Waals surface area contributed by atoms with Crippen LogP contribution in [-0.4, -0.2) is 87.1 Å². The molecule has 0 unspecified atom stereocenters. The van der Waals surface area contributed by atoms with Gasteiger partial charge in [0.05, 0.1) is 18.3 Å². The van der Waals surface area contributed by atoms with Gasteiger partial charge >= 0.3 is 0 Å². The summed E-state index contributed by atoms with van der Waals surface area (Å²) in [5.74, 6) is 0.916. The zero-order chi connectivity index (χ0) is 27.2. The Balaban J connectivity index is 0.990. The highest BCUT2D eigenvalue weighted by Gasteiger charge is 2.29. The van der Waals surface area contributed by atoms with Crippen LogP contribution in [-0.2, 0) is 6.54 Å². The molecule has 2 aliphatic rings. The highest BCUT2D eigenvalue weighted by molar-refractivity contribution is 5.90. The highest BCUT2D eigenvalue weighted by Crippen LogP contribution is 2.28. The maximum atomic E-state index is 14.9. The van der Waals surface area contributed by atoms with Gasteiger partial charge in [0.2, 0.25) is 5.95 Å². The van der Waals surface area contributed by atoms with E-state index in [1.165, 1.54) is 6.07 Å². The number of nitrogens with two attached hydrogens (primary N) is 1. The standard InChI is InChI=1S/C27H29F2N9O2/c28-18-12-17(40-24-15-31-14-19(24)29)3-4-21(18)36-8-5-35(6-9-36)7-10-37-16-32-25-22-13-20(23-2-1-11-39-23)34-38(22)27(30)33-26(25)37/h1-4,11-13,16,19,24,31H,5-10,14-15H2,(H2,30,33)/t19-,24+/m0/s1. The molecular weight excluding hydrogens is 520 g/mol. The number of alkyl halides is 1. The van der Waals surface area contributed by atoms with Crippen LogP contribution in [0.2, 0.25) is 0 Å². The molecular formula is C27H29F2N9O2. The zero-order valence-electron chi connectivity index (χ0n) is 21.7. The number of hydrogen-bond acceptors (Lipinski definition) is 9. The van der Waals surface area contributed by atoms with E-state index in [0.717, 1.165) is 30.7 Å². The molecule has 0 saturated carbocycles. The number of fused-ring (bicyclic) bond motifs is 3. The largest absolute Gasteiger partial charge is 0.486 e. The summed E-state index contributed by atoms with van der Waals surface area (Å²) < 4.78 is 43.4. The van der Waals surface area contributed by atoms with Crippen molar-refractivity contribution in [2.75, 3.05) is 56.4 Å². The summed E-state index contributed by atoms with van der Waals surface area (Å²) in [5, 5.41) is 7.46. The van der Waals surface area contributed by atoms with Crippen LogP contribution >= 0.6 is 0 Å². The van der Waals surface area contributed by atoms with Crippen LogP contribution in [0.25, 0.3) is 28.1 Å². The molecule has 208 valence electrons. The molecule has 13 heteroatoms. The fourth-order valence-electron chi connectivity index (χ4n) is 5.45. The van der Waals surface area contributed by atoms with Crippen molar-refractivity contribution in [3.05, 3.63) is 54.8 Å². The normalized spacial score (nSPS) is 20.2. The molecule has 2 atom stereocenters. The minimum absolute atomic E-state index is 0.263. The molecule has 7 rings (SSSR count). The van der Waals surface area contributed by atoms with Gasteiger partial charge < -0.3 is 29.7 Å². The lowest BCUT2D eigenvalue weighted by Crippen LogP contribution is -2.47. The second kappa shape index (κ2) is 10.1. The number of furan rings is 1. The van der Waals surface area contributed by atoms with Gasteiger partial charge in [-0.3, -0.25) is 4.90 Å². The summed E-state index contributed by atoms with van der Waals surface area (Å²) in [6, 6.07) is 10.3. The minimum atomic E-state index is -1.09. The Morgan fingerprint density at radius 2 is 1.98 bits per heavy atom. The summed E-state index contributed by atoms with van der Waals surface area (Å²) in [6.07, 6.45) is 1.71. The number of rotatable bonds is 7. The van der Waals surface area contributed by atoms with Crippen LogP contribution in [0.4, 0.5) is 20.4 Å². The zero-order valence-corrected chi connectivity index (χ0v) is 21.7. The summed E-state index contributed by atoms with van der Waals surface area (Å²) in [4.78, 5) is 13.5. The van der Waals surface area contributed by atoms with Gasteiger partial charge in [-0.2, -0.15) is 14.6 Å². The fraction of sp³-hybridized carbons (Fsp3) is 0.370. The quantitative estimate of drug-likeness (QED) is 0.316. The Morgan fingerprint density at radius 3 is 2.73 bits per heavy atom. The predicted molar refractivity (Wildman–Crippen MR) is 146 cm³/mol. The van der Waals surface area contributed by atoms with Crippen molar-refractivity contribution in [3.63, 3.8) is 0 Å². The van der Waals surface area contributed by atoms with Gasteiger partial charge in [0, 0.05) is 58.4 Å². The summed E-state index contributed by atoms with van der Waals surface area (Å²) in [5.41, 5.74) is 9.63. The minimum Gasteiger partial charge on any atom is -0.486 e. The van der Waals surface area contributed by atoms with Gasteiger partial charge in [0.15, 0.2) is 17.6 Å². The molecule has 0 aliphatic carbocycles. The lowest BCUT2D eigenvalue weighted by atomic mass is 10.2. The van der Waals surface area contributed by atoms with Gasteiger partial charge in [-0.1, -0.05) is 0 Å². The first-order valence-electron chi connectivity index (χ1n) is 13.4. The summed E-state index contributed by atoms with van der Waals surface area (Å²) in [7, 11) is 0. The van der Waals surface area contributed by atoms with E-state index in [2.05, 4.69) is 25.3 Å². The number of nitrogens with zero attached hydrogens (tertiary/aromatic N) is 7. The van der Waals surface area contributed by atoms with Gasteiger partial charge in [0.1, 0.15) is 34.4 Å². The van der Waals surface area contributed by atoms with Crippen molar-refractivity contribution >= 4 is 28.3 Å². The van der Waals surface area contributed by atoms with Crippen LogP contribution in [0.15, 0.2) is 53.4 Å². The summed E-state index contributed by atoms with van der Waals surface area (Å²) >= 11 is 0. The van der Waals surface area contributed by atoms with Gasteiger partial charge in [-0.05, 0) is 30.3 Å². The third kappa shape index (κ3) is 4.50. The van der Waals surface area contributed by atoms with Crippen molar-refractivity contribution in [1.29, 1.82) is 0 Å². The second-order valence-electron chi connectivity index (χ2n) is 10.2. The van der Waals surface area contributed by atoms with Gasteiger partial charge in [0.25, 0.3) is 0 Å². The molecule has 6 heterocycles. The highest BCUT2D eigenvalue weighted by atomic mass is 19.1. The van der Waals surface area contributed by atoms with Crippen LogP contribution in [0.5, 0.6) is 5.75 Å². The van der Waals surface area contributed by atoms with E-state index in [4.69, 9.17) is 14.9 Å². The van der Waals surface area contributed by atoms with Crippen molar-refractivity contribution in [3.8, 4) is 17.2 Å². The Labute approximate surface area is 228 Å². The van der Waals surface area contributed by atoms with E-state index in [1.54, 1.807) is 29.2 Å². The molecule has 11 nitrogen and oxygen atoms in total. The van der Waals surface area contributed by atoms with Crippen molar-refractivity contribution in [2.45, 2.75) is 18.8 Å². The maximum Gasteiger partial charge on any atom is 0.223 e. The van der Waals surface area contributed by atoms with E-state index in [-0.39, 0.29) is 18.3 Å². The SMILES string of the molecule is Nc1nc2c(ncn2CCN2CCN(c3ccc(O[C@@H]4CNC[C@@H]4F)cc3F)CC2)c2cc(-c3ccco3)nn12. The average molecular weight is 550 g/mol. The Hall–Kier alpha value is -4.23. The van der Waals surface area contributed by atoms with Crippen LogP contribution in [0.3, 0.4) is 0 Å². The third-order valence-corrected chi connectivity index (χ3v) is 7.64. The summed E-state index contributed by atoms with van der Waals surface area (Å²) in [6.45, 7) is 5.12. The lowest BCUT2D eigenvalue weighted by Gasteiger charge is -2.36. The number of piperazine rings is 1. The average Bonchev–Trinajstić information content (AvgIpc) is 3.76.